The second-order valence-electron chi connectivity index (χ2n) is 5.39. The molecule has 1 unspecified atom stereocenters. The fraction of sp³-hybridized carbons (Fsp3) is 0.615. The van der Waals surface area contributed by atoms with Crippen LogP contribution < -0.4 is 5.49 Å². The SMILES string of the molecule is CCCOC(C)(C)C(Br)Cn1cnc(=N)c2[nH]c(Br)nc21. The number of H-pyrrole nitrogens is 1. The highest BCUT2D eigenvalue weighted by Gasteiger charge is 2.28. The largest absolute Gasteiger partial charge is 0.374 e. The lowest BCUT2D eigenvalue weighted by Crippen LogP contribution is -2.38. The fourth-order valence-corrected chi connectivity index (χ4v) is 2.75. The molecule has 1 atom stereocenters. The predicted molar refractivity (Wildman–Crippen MR) is 88.5 cm³/mol. The second kappa shape index (κ2) is 6.58. The van der Waals surface area contributed by atoms with Gasteiger partial charge in [0.05, 0.1) is 16.8 Å². The van der Waals surface area contributed by atoms with Gasteiger partial charge in [-0.25, -0.2) is 9.97 Å². The molecule has 2 N–H and O–H groups in total. The van der Waals surface area contributed by atoms with Gasteiger partial charge in [0.25, 0.3) is 0 Å². The average Bonchev–Trinajstić information content (AvgIpc) is 2.82. The van der Waals surface area contributed by atoms with Crippen molar-refractivity contribution in [2.75, 3.05) is 6.61 Å². The Morgan fingerprint density at radius 1 is 1.52 bits per heavy atom. The van der Waals surface area contributed by atoms with E-state index in [1.54, 1.807) is 6.33 Å². The summed E-state index contributed by atoms with van der Waals surface area (Å²) in [6.07, 6.45) is 2.63. The number of rotatable bonds is 6. The molecule has 21 heavy (non-hydrogen) atoms. The van der Waals surface area contributed by atoms with E-state index in [0.717, 1.165) is 13.0 Å². The third-order valence-electron chi connectivity index (χ3n) is 3.28. The topological polar surface area (TPSA) is 79.6 Å². The number of hydrogen-bond acceptors (Lipinski definition) is 4. The number of imidazole rings is 1. The van der Waals surface area contributed by atoms with Gasteiger partial charge in [-0.05, 0) is 36.2 Å². The minimum atomic E-state index is -0.303. The van der Waals surface area contributed by atoms with E-state index in [9.17, 15) is 0 Å². The summed E-state index contributed by atoms with van der Waals surface area (Å²) < 4.78 is 8.42. The second-order valence-corrected chi connectivity index (χ2v) is 7.25. The van der Waals surface area contributed by atoms with Crippen molar-refractivity contribution in [2.24, 2.45) is 0 Å². The maximum atomic E-state index is 7.82. The van der Waals surface area contributed by atoms with Crippen LogP contribution in [0.3, 0.4) is 0 Å². The van der Waals surface area contributed by atoms with Crippen LogP contribution in [0.2, 0.25) is 0 Å². The highest BCUT2D eigenvalue weighted by Crippen LogP contribution is 2.24. The molecule has 0 aliphatic rings. The summed E-state index contributed by atoms with van der Waals surface area (Å²) in [7, 11) is 0. The van der Waals surface area contributed by atoms with Gasteiger partial charge < -0.3 is 14.3 Å². The molecule has 0 aliphatic heterocycles. The number of halogens is 2. The number of aromatic amines is 1. The highest BCUT2D eigenvalue weighted by atomic mass is 79.9. The molecule has 2 heterocycles. The van der Waals surface area contributed by atoms with Gasteiger partial charge in [0.1, 0.15) is 5.52 Å². The Bertz CT molecular complexity index is 679. The van der Waals surface area contributed by atoms with E-state index in [4.69, 9.17) is 10.1 Å². The van der Waals surface area contributed by atoms with Crippen LogP contribution >= 0.6 is 31.9 Å². The maximum absolute atomic E-state index is 7.82. The Morgan fingerprint density at radius 3 is 2.90 bits per heavy atom. The van der Waals surface area contributed by atoms with E-state index >= 15 is 0 Å². The molecular weight excluding hydrogens is 402 g/mol. The van der Waals surface area contributed by atoms with Gasteiger partial charge in [0.15, 0.2) is 15.9 Å². The van der Waals surface area contributed by atoms with Crippen LogP contribution in [0.15, 0.2) is 11.1 Å². The summed E-state index contributed by atoms with van der Waals surface area (Å²) in [6, 6.07) is 0. The van der Waals surface area contributed by atoms with E-state index in [0.29, 0.717) is 22.4 Å². The van der Waals surface area contributed by atoms with Crippen molar-refractivity contribution in [3.63, 3.8) is 0 Å². The van der Waals surface area contributed by atoms with Gasteiger partial charge in [-0.15, -0.1) is 0 Å². The Hall–Kier alpha value is -0.730. The van der Waals surface area contributed by atoms with Gasteiger partial charge in [0, 0.05) is 13.2 Å². The summed E-state index contributed by atoms with van der Waals surface area (Å²) in [5.41, 5.74) is 1.21. The lowest BCUT2D eigenvalue weighted by Gasteiger charge is -2.31. The van der Waals surface area contributed by atoms with Crippen LogP contribution in [0.5, 0.6) is 0 Å². The molecular formula is C13H19Br2N5O. The van der Waals surface area contributed by atoms with Crippen molar-refractivity contribution in [1.82, 2.24) is 19.5 Å². The van der Waals surface area contributed by atoms with Crippen molar-refractivity contribution >= 4 is 43.0 Å². The van der Waals surface area contributed by atoms with Crippen molar-refractivity contribution in [2.45, 2.75) is 44.2 Å². The molecule has 2 aromatic heterocycles. The average molecular weight is 421 g/mol. The molecule has 0 fully saturated rings. The number of ether oxygens (including phenoxy) is 1. The first kappa shape index (κ1) is 16.6. The van der Waals surface area contributed by atoms with Crippen molar-refractivity contribution < 1.29 is 4.74 Å². The first-order chi connectivity index (χ1) is 9.85. The van der Waals surface area contributed by atoms with Gasteiger partial charge in [0.2, 0.25) is 0 Å². The molecule has 2 aromatic rings. The predicted octanol–water partition coefficient (Wildman–Crippen LogP) is 2.97. The first-order valence-electron chi connectivity index (χ1n) is 6.78. The van der Waals surface area contributed by atoms with Crippen molar-refractivity contribution in [3.8, 4) is 0 Å². The van der Waals surface area contributed by atoms with Crippen LogP contribution in [0, 0.1) is 5.41 Å². The number of hydrogen-bond donors (Lipinski definition) is 2. The molecule has 116 valence electrons. The molecule has 0 radical (unpaired) electrons. The normalized spacial score (nSPS) is 13.8. The third-order valence-corrected chi connectivity index (χ3v) is 5.05. The van der Waals surface area contributed by atoms with E-state index in [2.05, 4.69) is 67.6 Å². The maximum Gasteiger partial charge on any atom is 0.177 e. The van der Waals surface area contributed by atoms with Crippen LogP contribution in [0.1, 0.15) is 27.2 Å². The van der Waals surface area contributed by atoms with Crippen molar-refractivity contribution in [3.05, 3.63) is 16.5 Å². The molecule has 0 amide bonds. The standard InChI is InChI=1S/C13H19Br2N5O/c1-4-5-21-13(2,3)8(14)6-20-7-17-10(16)9-11(20)19-12(15)18-9/h7-8,16H,4-6H2,1-3H3,(H,18,19). The summed E-state index contributed by atoms with van der Waals surface area (Å²) in [5.74, 6) is 0. The van der Waals surface area contributed by atoms with E-state index in [1.807, 2.05) is 4.57 Å². The molecule has 8 heteroatoms. The molecule has 0 saturated carbocycles. The number of nitrogens with one attached hydrogen (secondary N) is 2. The minimum Gasteiger partial charge on any atom is -0.374 e. The zero-order valence-electron chi connectivity index (χ0n) is 12.3. The van der Waals surface area contributed by atoms with E-state index in [-0.39, 0.29) is 15.9 Å². The van der Waals surface area contributed by atoms with E-state index < -0.39 is 0 Å². The lowest BCUT2D eigenvalue weighted by molar-refractivity contribution is -0.0194. The van der Waals surface area contributed by atoms with Gasteiger partial charge in [-0.2, -0.15) is 0 Å². The number of nitrogens with zero attached hydrogens (tertiary/aromatic N) is 3. The molecule has 0 spiro atoms. The number of aromatic nitrogens is 4. The lowest BCUT2D eigenvalue weighted by atomic mass is 10.1. The Labute approximate surface area is 140 Å². The molecule has 0 aliphatic carbocycles. The van der Waals surface area contributed by atoms with Crippen LogP contribution in [0.4, 0.5) is 0 Å². The minimum absolute atomic E-state index is 0.0959. The molecule has 0 aromatic carbocycles. The monoisotopic (exact) mass is 419 g/mol. The summed E-state index contributed by atoms with van der Waals surface area (Å²) in [6.45, 7) is 7.60. The number of alkyl halides is 1. The Kier molecular flexibility index (Phi) is 5.21. The van der Waals surface area contributed by atoms with Crippen LogP contribution in [-0.4, -0.2) is 36.6 Å². The first-order valence-corrected chi connectivity index (χ1v) is 8.49. The van der Waals surface area contributed by atoms with Crippen LogP contribution in [0.25, 0.3) is 11.2 Å². The smallest absolute Gasteiger partial charge is 0.177 e. The van der Waals surface area contributed by atoms with Crippen molar-refractivity contribution in [1.29, 1.82) is 5.41 Å². The molecule has 0 saturated heterocycles. The van der Waals surface area contributed by atoms with Gasteiger partial charge >= 0.3 is 0 Å². The highest BCUT2D eigenvalue weighted by molar-refractivity contribution is 9.10. The van der Waals surface area contributed by atoms with Gasteiger partial charge in [-0.3, -0.25) is 5.41 Å². The van der Waals surface area contributed by atoms with Crippen LogP contribution in [-0.2, 0) is 11.3 Å². The Balaban J connectivity index is 2.27. The summed E-state index contributed by atoms with van der Waals surface area (Å²) in [4.78, 5) is 11.6. The zero-order chi connectivity index (χ0) is 15.6. The van der Waals surface area contributed by atoms with Gasteiger partial charge in [-0.1, -0.05) is 22.9 Å². The summed E-state index contributed by atoms with van der Waals surface area (Å²) >= 11 is 7.01. The quantitative estimate of drug-likeness (QED) is 0.556. The molecule has 0 bridgehead atoms. The Morgan fingerprint density at radius 2 is 2.24 bits per heavy atom. The summed E-state index contributed by atoms with van der Waals surface area (Å²) in [5, 5.41) is 7.82. The molecule has 2 rings (SSSR count). The zero-order valence-corrected chi connectivity index (χ0v) is 15.5. The third kappa shape index (κ3) is 3.73. The molecule has 6 nitrogen and oxygen atoms in total. The number of fused-ring (bicyclic) bond motifs is 1. The van der Waals surface area contributed by atoms with E-state index in [1.165, 1.54) is 0 Å². The fourth-order valence-electron chi connectivity index (χ4n) is 1.94.